The average molecular weight is 287 g/mol. The molecule has 1 saturated heterocycles. The molecule has 0 aromatic carbocycles. The zero-order valence-electron chi connectivity index (χ0n) is 11.6. The minimum absolute atomic E-state index is 0.0454. The van der Waals surface area contributed by atoms with Crippen LogP contribution in [0.15, 0.2) is 24.0 Å². The highest BCUT2D eigenvalue weighted by atomic mass is 16.2. The standard InChI is InChI=1S/C15H17N3O3/c19-13-12(14(20)17-15(21)16-13)8-10-6-7-18(9-10)11-4-2-1-3-5-11/h6-9,11H,1-5H2,(H2,16,17,19,20,21). The first-order valence-corrected chi connectivity index (χ1v) is 7.19. The molecule has 2 heterocycles. The van der Waals surface area contributed by atoms with Crippen LogP contribution < -0.4 is 10.6 Å². The summed E-state index contributed by atoms with van der Waals surface area (Å²) in [6.45, 7) is 0. The Balaban J connectivity index is 1.79. The van der Waals surface area contributed by atoms with Crippen molar-refractivity contribution >= 4 is 23.9 Å². The normalized spacial score (nSPS) is 20.2. The lowest BCUT2D eigenvalue weighted by molar-refractivity contribution is -0.123. The number of imide groups is 2. The third-order valence-electron chi connectivity index (χ3n) is 3.99. The fourth-order valence-corrected chi connectivity index (χ4v) is 2.90. The lowest BCUT2D eigenvalue weighted by atomic mass is 9.95. The van der Waals surface area contributed by atoms with Crippen molar-refractivity contribution in [3.05, 3.63) is 29.6 Å². The van der Waals surface area contributed by atoms with Gasteiger partial charge in [0.1, 0.15) is 5.57 Å². The molecule has 6 nitrogen and oxygen atoms in total. The van der Waals surface area contributed by atoms with Crippen LogP contribution in [0.3, 0.4) is 0 Å². The Morgan fingerprint density at radius 3 is 2.38 bits per heavy atom. The van der Waals surface area contributed by atoms with Crippen LogP contribution in [0, 0.1) is 0 Å². The molecule has 1 aliphatic carbocycles. The van der Waals surface area contributed by atoms with Crippen molar-refractivity contribution in [1.29, 1.82) is 0 Å². The third kappa shape index (κ3) is 2.89. The Hall–Kier alpha value is -2.37. The molecule has 21 heavy (non-hydrogen) atoms. The van der Waals surface area contributed by atoms with Gasteiger partial charge in [-0.2, -0.15) is 0 Å². The van der Waals surface area contributed by atoms with Crippen LogP contribution in [0.5, 0.6) is 0 Å². The molecule has 4 amide bonds. The predicted molar refractivity (Wildman–Crippen MR) is 76.2 cm³/mol. The smallest absolute Gasteiger partial charge is 0.328 e. The highest BCUT2D eigenvalue weighted by molar-refractivity contribution is 6.31. The minimum atomic E-state index is -0.776. The van der Waals surface area contributed by atoms with E-state index in [0.717, 1.165) is 5.56 Å². The van der Waals surface area contributed by atoms with E-state index in [9.17, 15) is 14.4 Å². The minimum Gasteiger partial charge on any atom is -0.351 e. The van der Waals surface area contributed by atoms with Gasteiger partial charge in [0.15, 0.2) is 0 Å². The highest BCUT2D eigenvalue weighted by Crippen LogP contribution is 2.28. The van der Waals surface area contributed by atoms with E-state index in [1.807, 2.05) is 18.5 Å². The van der Waals surface area contributed by atoms with Gasteiger partial charge in [-0.25, -0.2) is 4.79 Å². The number of hydrogen-bond donors (Lipinski definition) is 2. The number of nitrogens with zero attached hydrogens (tertiary/aromatic N) is 1. The number of urea groups is 1. The predicted octanol–water partition coefficient (Wildman–Crippen LogP) is 1.74. The van der Waals surface area contributed by atoms with Gasteiger partial charge in [-0.15, -0.1) is 0 Å². The zero-order valence-corrected chi connectivity index (χ0v) is 11.6. The molecule has 0 radical (unpaired) electrons. The van der Waals surface area contributed by atoms with Crippen molar-refractivity contribution in [3.8, 4) is 0 Å². The van der Waals surface area contributed by atoms with Gasteiger partial charge in [0.25, 0.3) is 11.8 Å². The molecule has 0 atom stereocenters. The van der Waals surface area contributed by atoms with E-state index in [-0.39, 0.29) is 5.57 Å². The maximum Gasteiger partial charge on any atom is 0.328 e. The third-order valence-corrected chi connectivity index (χ3v) is 3.99. The van der Waals surface area contributed by atoms with E-state index in [4.69, 9.17) is 0 Å². The number of carbonyl (C=O) groups is 3. The highest BCUT2D eigenvalue weighted by Gasteiger charge is 2.27. The van der Waals surface area contributed by atoms with Crippen molar-refractivity contribution in [2.45, 2.75) is 38.1 Å². The summed E-state index contributed by atoms with van der Waals surface area (Å²) in [6, 6.07) is 1.60. The van der Waals surface area contributed by atoms with Crippen LogP contribution in [-0.2, 0) is 9.59 Å². The topological polar surface area (TPSA) is 80.2 Å². The lowest BCUT2D eigenvalue weighted by Gasteiger charge is -2.23. The van der Waals surface area contributed by atoms with E-state index in [1.54, 1.807) is 0 Å². The first-order chi connectivity index (χ1) is 10.1. The monoisotopic (exact) mass is 287 g/mol. The Kier molecular flexibility index (Phi) is 3.60. The second-order valence-corrected chi connectivity index (χ2v) is 5.48. The summed E-state index contributed by atoms with van der Waals surface area (Å²) in [5.74, 6) is -1.32. The maximum atomic E-state index is 11.7. The van der Waals surface area contributed by atoms with E-state index in [2.05, 4.69) is 15.2 Å². The largest absolute Gasteiger partial charge is 0.351 e. The molecule has 1 aromatic heterocycles. The number of aromatic nitrogens is 1. The van der Waals surface area contributed by atoms with Gasteiger partial charge in [-0.3, -0.25) is 20.2 Å². The van der Waals surface area contributed by atoms with Gasteiger partial charge in [0.05, 0.1) is 0 Å². The molecule has 1 saturated carbocycles. The van der Waals surface area contributed by atoms with E-state index in [0.29, 0.717) is 6.04 Å². The summed E-state index contributed by atoms with van der Waals surface area (Å²) in [7, 11) is 0. The van der Waals surface area contributed by atoms with Crippen LogP contribution in [0.2, 0.25) is 0 Å². The van der Waals surface area contributed by atoms with Gasteiger partial charge in [-0.1, -0.05) is 19.3 Å². The molecule has 6 heteroatoms. The molecule has 0 bridgehead atoms. The lowest BCUT2D eigenvalue weighted by Crippen LogP contribution is -2.51. The van der Waals surface area contributed by atoms with Gasteiger partial charge in [0.2, 0.25) is 0 Å². The fourth-order valence-electron chi connectivity index (χ4n) is 2.90. The Labute approximate surface area is 122 Å². The molecule has 3 rings (SSSR count). The second-order valence-electron chi connectivity index (χ2n) is 5.48. The quantitative estimate of drug-likeness (QED) is 0.642. The maximum absolute atomic E-state index is 11.7. The molecule has 1 aliphatic heterocycles. The van der Waals surface area contributed by atoms with Crippen molar-refractivity contribution in [1.82, 2.24) is 15.2 Å². The summed E-state index contributed by atoms with van der Waals surface area (Å²) >= 11 is 0. The van der Waals surface area contributed by atoms with Gasteiger partial charge >= 0.3 is 6.03 Å². The van der Waals surface area contributed by atoms with Crippen LogP contribution in [-0.4, -0.2) is 22.4 Å². The van der Waals surface area contributed by atoms with E-state index in [1.165, 1.54) is 38.2 Å². The molecule has 110 valence electrons. The number of hydrogen-bond acceptors (Lipinski definition) is 3. The summed E-state index contributed by atoms with van der Waals surface area (Å²) < 4.78 is 2.15. The summed E-state index contributed by atoms with van der Waals surface area (Å²) in [5.41, 5.74) is 0.742. The fraction of sp³-hybridized carbons (Fsp3) is 0.400. The molecule has 1 aromatic rings. The first kappa shape index (κ1) is 13.6. The average Bonchev–Trinajstić information content (AvgIpc) is 2.92. The Morgan fingerprint density at radius 2 is 1.71 bits per heavy atom. The first-order valence-electron chi connectivity index (χ1n) is 7.19. The summed E-state index contributed by atoms with van der Waals surface area (Å²) in [6.07, 6.45) is 11.5. The SMILES string of the molecule is O=C1NC(=O)C(=Cc2ccn(C3CCCCC3)c2)C(=O)N1. The Morgan fingerprint density at radius 1 is 1.05 bits per heavy atom. The molecule has 0 spiro atoms. The van der Waals surface area contributed by atoms with Crippen molar-refractivity contribution in [3.63, 3.8) is 0 Å². The molecule has 0 unspecified atom stereocenters. The molecule has 2 N–H and O–H groups in total. The van der Waals surface area contributed by atoms with Gasteiger partial charge in [0, 0.05) is 18.4 Å². The van der Waals surface area contributed by atoms with Crippen molar-refractivity contribution in [2.75, 3.05) is 0 Å². The number of carbonyl (C=O) groups excluding carboxylic acids is 3. The number of nitrogens with one attached hydrogen (secondary N) is 2. The van der Waals surface area contributed by atoms with Crippen molar-refractivity contribution < 1.29 is 14.4 Å². The summed E-state index contributed by atoms with van der Waals surface area (Å²) in [5, 5.41) is 4.13. The van der Waals surface area contributed by atoms with Gasteiger partial charge in [-0.05, 0) is 30.5 Å². The van der Waals surface area contributed by atoms with Gasteiger partial charge < -0.3 is 4.57 Å². The van der Waals surface area contributed by atoms with Crippen molar-refractivity contribution in [2.24, 2.45) is 0 Å². The van der Waals surface area contributed by atoms with E-state index < -0.39 is 17.8 Å². The molecule has 2 fully saturated rings. The Bertz CT molecular complexity index is 602. The summed E-state index contributed by atoms with van der Waals surface area (Å²) in [4.78, 5) is 34.3. The van der Waals surface area contributed by atoms with E-state index >= 15 is 0 Å². The number of rotatable bonds is 2. The molecule has 2 aliphatic rings. The molecular weight excluding hydrogens is 270 g/mol. The van der Waals surface area contributed by atoms with Crippen LogP contribution >= 0.6 is 0 Å². The number of amides is 4. The second kappa shape index (κ2) is 5.55. The number of barbiturate groups is 1. The van der Waals surface area contributed by atoms with Crippen LogP contribution in [0.25, 0.3) is 6.08 Å². The van der Waals surface area contributed by atoms with Crippen LogP contribution in [0.1, 0.15) is 43.7 Å². The zero-order chi connectivity index (χ0) is 14.8. The van der Waals surface area contributed by atoms with Crippen LogP contribution in [0.4, 0.5) is 4.79 Å². The molecular formula is C15H17N3O3.